The zero-order chi connectivity index (χ0) is 20.3. The van der Waals surface area contributed by atoms with Gasteiger partial charge in [0.15, 0.2) is 5.11 Å². The number of nitrogens with two attached hydrogens (primary N) is 1. The summed E-state index contributed by atoms with van der Waals surface area (Å²) in [6.45, 7) is 5.68. The largest absolute Gasteiger partial charge is 0.375 e. The molecule has 1 amide bonds. The van der Waals surface area contributed by atoms with Crippen LogP contribution in [0.4, 0.5) is 5.69 Å². The Morgan fingerprint density at radius 3 is 2.50 bits per heavy atom. The molecular formula is C21H21N5OS. The van der Waals surface area contributed by atoms with Crippen molar-refractivity contribution in [1.29, 1.82) is 0 Å². The minimum absolute atomic E-state index is 0.110. The van der Waals surface area contributed by atoms with Gasteiger partial charge in [0.05, 0.1) is 11.4 Å². The zero-order valence-corrected chi connectivity index (χ0v) is 16.7. The first kappa shape index (κ1) is 19.4. The van der Waals surface area contributed by atoms with E-state index in [1.54, 1.807) is 4.90 Å². The lowest BCUT2D eigenvalue weighted by Crippen LogP contribution is -2.30. The van der Waals surface area contributed by atoms with Crippen molar-refractivity contribution in [3.05, 3.63) is 70.9 Å². The molecule has 0 bridgehead atoms. The molecule has 7 heteroatoms. The number of anilines is 1. The molecule has 1 heterocycles. The number of hydrogen-bond acceptors (Lipinski definition) is 4. The van der Waals surface area contributed by atoms with E-state index in [4.69, 9.17) is 18.0 Å². The van der Waals surface area contributed by atoms with Crippen LogP contribution in [0, 0.1) is 6.92 Å². The van der Waals surface area contributed by atoms with E-state index in [1.807, 2.05) is 75.4 Å². The maximum Gasteiger partial charge on any atom is 0.282 e. The zero-order valence-electron chi connectivity index (χ0n) is 15.9. The number of benzene rings is 2. The molecule has 0 saturated heterocycles. The summed E-state index contributed by atoms with van der Waals surface area (Å²) >= 11 is 4.75. The summed E-state index contributed by atoms with van der Waals surface area (Å²) in [6, 6.07) is 15.4. The molecule has 2 aromatic rings. The molecule has 1 aliphatic rings. The summed E-state index contributed by atoms with van der Waals surface area (Å²) in [7, 11) is 0. The second kappa shape index (κ2) is 8.14. The van der Waals surface area contributed by atoms with Crippen LogP contribution in [0.1, 0.15) is 30.5 Å². The molecule has 0 spiro atoms. The van der Waals surface area contributed by atoms with E-state index in [2.05, 4.69) is 15.5 Å². The smallest absolute Gasteiger partial charge is 0.282 e. The van der Waals surface area contributed by atoms with Crippen LogP contribution in [0.3, 0.4) is 0 Å². The summed E-state index contributed by atoms with van der Waals surface area (Å²) < 4.78 is 0. The van der Waals surface area contributed by atoms with Crippen molar-refractivity contribution in [2.24, 2.45) is 15.8 Å². The number of rotatable bonds is 4. The lowest BCUT2D eigenvalue weighted by Gasteiger charge is -2.16. The standard InChI is InChI=1S/C21H21N5OS/c1-13-6-4-5-7-17(13)12-19-20(27)26(15(3)23-19)18-10-8-16(9-11-18)14(2)24-25-21(22)28/h4-12H,1-3H3,(H3,22,25,28)/b19-12+,24-14+. The van der Waals surface area contributed by atoms with Gasteiger partial charge < -0.3 is 5.73 Å². The molecule has 0 radical (unpaired) electrons. The number of aliphatic imine (C=N–C) groups is 1. The Morgan fingerprint density at radius 1 is 1.18 bits per heavy atom. The number of hydrazone groups is 1. The Hall–Kier alpha value is -3.32. The van der Waals surface area contributed by atoms with Crippen molar-refractivity contribution in [2.45, 2.75) is 20.8 Å². The molecule has 2 aromatic carbocycles. The quantitative estimate of drug-likeness (QED) is 0.362. The highest BCUT2D eigenvalue weighted by Crippen LogP contribution is 2.26. The van der Waals surface area contributed by atoms with Gasteiger partial charge in [0.2, 0.25) is 0 Å². The molecule has 0 atom stereocenters. The van der Waals surface area contributed by atoms with Gasteiger partial charge in [-0.05, 0) is 67.9 Å². The summed E-state index contributed by atoms with van der Waals surface area (Å²) in [5.41, 5.74) is 12.8. The number of aryl methyl sites for hydroxylation is 1. The van der Waals surface area contributed by atoms with Crippen LogP contribution in [0.25, 0.3) is 6.08 Å². The van der Waals surface area contributed by atoms with Gasteiger partial charge in [-0.2, -0.15) is 5.10 Å². The first-order chi connectivity index (χ1) is 13.4. The number of amides is 1. The molecule has 0 aliphatic carbocycles. The molecular weight excluding hydrogens is 370 g/mol. The van der Waals surface area contributed by atoms with E-state index in [0.29, 0.717) is 11.5 Å². The van der Waals surface area contributed by atoms with Gasteiger partial charge in [-0.1, -0.05) is 36.4 Å². The second-order valence-electron chi connectivity index (χ2n) is 6.41. The van der Waals surface area contributed by atoms with Gasteiger partial charge in [0.1, 0.15) is 11.5 Å². The monoisotopic (exact) mass is 391 g/mol. The minimum Gasteiger partial charge on any atom is -0.375 e. The van der Waals surface area contributed by atoms with Crippen LogP contribution in [0.15, 0.2) is 64.3 Å². The van der Waals surface area contributed by atoms with Gasteiger partial charge in [-0.25, -0.2) is 4.99 Å². The van der Waals surface area contributed by atoms with Crippen molar-refractivity contribution in [1.82, 2.24) is 5.43 Å². The lowest BCUT2D eigenvalue weighted by atomic mass is 10.1. The third kappa shape index (κ3) is 4.15. The summed E-state index contributed by atoms with van der Waals surface area (Å²) in [6.07, 6.45) is 1.83. The van der Waals surface area contributed by atoms with Crippen molar-refractivity contribution in [3.63, 3.8) is 0 Å². The molecule has 3 rings (SSSR count). The van der Waals surface area contributed by atoms with Crippen LogP contribution < -0.4 is 16.1 Å². The Morgan fingerprint density at radius 2 is 1.86 bits per heavy atom. The minimum atomic E-state index is -0.144. The third-order valence-electron chi connectivity index (χ3n) is 4.39. The van der Waals surface area contributed by atoms with Crippen LogP contribution in [0.5, 0.6) is 0 Å². The molecule has 0 unspecified atom stereocenters. The third-order valence-corrected chi connectivity index (χ3v) is 4.48. The van der Waals surface area contributed by atoms with E-state index in [0.717, 1.165) is 28.1 Å². The van der Waals surface area contributed by atoms with Crippen LogP contribution in [-0.4, -0.2) is 22.6 Å². The fourth-order valence-electron chi connectivity index (χ4n) is 2.88. The van der Waals surface area contributed by atoms with Crippen LogP contribution in [-0.2, 0) is 4.79 Å². The van der Waals surface area contributed by atoms with Gasteiger partial charge in [-0.3, -0.25) is 15.1 Å². The number of thiocarbonyl (C=S) groups is 1. The average molecular weight is 392 g/mol. The Balaban J connectivity index is 1.84. The van der Waals surface area contributed by atoms with E-state index in [1.165, 1.54) is 0 Å². The molecule has 6 nitrogen and oxygen atoms in total. The van der Waals surface area contributed by atoms with Crippen LogP contribution >= 0.6 is 12.2 Å². The topological polar surface area (TPSA) is 83.1 Å². The number of nitrogens with one attached hydrogen (secondary N) is 1. The summed E-state index contributed by atoms with van der Waals surface area (Å²) in [5.74, 6) is 0.493. The van der Waals surface area contributed by atoms with Crippen molar-refractivity contribution >= 4 is 46.5 Å². The van der Waals surface area contributed by atoms with Crippen molar-refractivity contribution in [2.75, 3.05) is 4.90 Å². The average Bonchev–Trinajstić information content (AvgIpc) is 2.95. The van der Waals surface area contributed by atoms with E-state index in [9.17, 15) is 4.79 Å². The van der Waals surface area contributed by atoms with E-state index in [-0.39, 0.29) is 11.0 Å². The number of carbonyl (C=O) groups is 1. The Labute approximate surface area is 169 Å². The number of hydrogen-bond donors (Lipinski definition) is 2. The van der Waals surface area contributed by atoms with Crippen molar-refractivity contribution < 1.29 is 4.79 Å². The van der Waals surface area contributed by atoms with Crippen LogP contribution in [0.2, 0.25) is 0 Å². The lowest BCUT2D eigenvalue weighted by molar-refractivity contribution is -0.113. The number of amidine groups is 1. The fraction of sp³-hybridized carbons (Fsp3) is 0.143. The molecule has 0 fully saturated rings. The number of nitrogens with zero attached hydrogens (tertiary/aromatic N) is 3. The van der Waals surface area contributed by atoms with Gasteiger partial charge >= 0.3 is 0 Å². The predicted octanol–water partition coefficient (Wildman–Crippen LogP) is 3.36. The molecule has 0 aromatic heterocycles. The Bertz CT molecular complexity index is 1020. The molecule has 3 N–H and O–H groups in total. The maximum atomic E-state index is 12.9. The van der Waals surface area contributed by atoms with Gasteiger partial charge in [0.25, 0.3) is 5.91 Å². The fourth-order valence-corrected chi connectivity index (χ4v) is 2.93. The molecule has 142 valence electrons. The molecule has 28 heavy (non-hydrogen) atoms. The first-order valence-electron chi connectivity index (χ1n) is 8.74. The normalized spacial score (nSPS) is 15.8. The SMILES string of the molecule is CC1=N/C(=C/c2ccccc2C)C(=O)N1c1ccc(/C(C)=N/NC(N)=S)cc1. The highest BCUT2D eigenvalue weighted by Gasteiger charge is 2.28. The maximum absolute atomic E-state index is 12.9. The number of carbonyl (C=O) groups excluding carboxylic acids is 1. The predicted molar refractivity (Wildman–Crippen MR) is 118 cm³/mol. The second-order valence-corrected chi connectivity index (χ2v) is 6.85. The highest BCUT2D eigenvalue weighted by atomic mass is 32.1. The molecule has 1 aliphatic heterocycles. The molecule has 0 saturated carbocycles. The summed E-state index contributed by atoms with van der Waals surface area (Å²) in [4.78, 5) is 19.0. The van der Waals surface area contributed by atoms with Crippen molar-refractivity contribution in [3.8, 4) is 0 Å². The van der Waals surface area contributed by atoms with Gasteiger partial charge in [0, 0.05) is 0 Å². The summed E-state index contributed by atoms with van der Waals surface area (Å²) in [5, 5.41) is 4.21. The van der Waals surface area contributed by atoms with Gasteiger partial charge in [-0.15, -0.1) is 0 Å². The van der Waals surface area contributed by atoms with E-state index < -0.39 is 0 Å². The first-order valence-corrected chi connectivity index (χ1v) is 9.15. The highest BCUT2D eigenvalue weighted by molar-refractivity contribution is 7.80. The van der Waals surface area contributed by atoms with E-state index >= 15 is 0 Å². The Kier molecular flexibility index (Phi) is 5.65.